The monoisotopic (exact) mass is 392 g/mol. The van der Waals surface area contributed by atoms with Crippen LogP contribution in [0.4, 0.5) is 5.69 Å². The van der Waals surface area contributed by atoms with E-state index in [1.807, 2.05) is 48.5 Å². The number of primary sulfonamides is 1. The van der Waals surface area contributed by atoms with Gasteiger partial charge in [0.1, 0.15) is 5.58 Å². The Morgan fingerprint density at radius 2 is 1.36 bits per heavy atom. The van der Waals surface area contributed by atoms with Crippen LogP contribution in [0, 0.1) is 0 Å². The van der Waals surface area contributed by atoms with Crippen LogP contribution in [0.15, 0.2) is 94.4 Å². The fraction of sp³-hybridized carbons (Fsp3) is 0.0909. The zero-order valence-electron chi connectivity index (χ0n) is 15.2. The highest BCUT2D eigenvalue weighted by atomic mass is 32.2. The van der Waals surface area contributed by atoms with Gasteiger partial charge in [-0.15, -0.1) is 0 Å². The van der Waals surface area contributed by atoms with Gasteiger partial charge in [-0.3, -0.25) is 0 Å². The second-order valence-electron chi connectivity index (χ2n) is 6.66. The van der Waals surface area contributed by atoms with Gasteiger partial charge in [-0.25, -0.2) is 13.6 Å². The molecule has 0 aliphatic heterocycles. The molecule has 0 saturated heterocycles. The lowest BCUT2D eigenvalue weighted by molar-refractivity contribution is 0.482. The lowest BCUT2D eigenvalue weighted by Gasteiger charge is -2.25. The lowest BCUT2D eigenvalue weighted by atomic mass is 10.1. The van der Waals surface area contributed by atoms with E-state index in [4.69, 9.17) is 9.56 Å². The quantitative estimate of drug-likeness (QED) is 0.531. The van der Waals surface area contributed by atoms with Crippen molar-refractivity contribution in [2.75, 3.05) is 4.90 Å². The Balaban J connectivity index is 1.72. The number of hydrogen-bond acceptors (Lipinski definition) is 4. The smallest absolute Gasteiger partial charge is 0.271 e. The van der Waals surface area contributed by atoms with Crippen LogP contribution in [0.25, 0.3) is 11.0 Å². The van der Waals surface area contributed by atoms with Crippen LogP contribution in [-0.4, -0.2) is 8.42 Å². The van der Waals surface area contributed by atoms with Gasteiger partial charge in [0.05, 0.1) is 0 Å². The molecule has 142 valence electrons. The Bertz CT molecular complexity index is 1140. The summed E-state index contributed by atoms with van der Waals surface area (Å²) < 4.78 is 28.5. The number of benzene rings is 3. The third-order valence-corrected chi connectivity index (χ3v) is 5.32. The van der Waals surface area contributed by atoms with E-state index in [1.165, 1.54) is 17.2 Å². The van der Waals surface area contributed by atoms with Crippen molar-refractivity contribution in [2.45, 2.75) is 18.2 Å². The molecule has 0 saturated carbocycles. The van der Waals surface area contributed by atoms with Crippen molar-refractivity contribution in [1.82, 2.24) is 0 Å². The molecule has 0 atom stereocenters. The van der Waals surface area contributed by atoms with Crippen molar-refractivity contribution in [3.05, 3.63) is 96.1 Å². The van der Waals surface area contributed by atoms with E-state index in [1.54, 1.807) is 6.07 Å². The SMILES string of the molecule is NS(=O)(=O)c1cc2cc(N(Cc3ccccc3)Cc3ccccc3)ccc2o1. The zero-order chi connectivity index (χ0) is 19.6. The molecule has 4 aromatic rings. The van der Waals surface area contributed by atoms with Crippen molar-refractivity contribution in [1.29, 1.82) is 0 Å². The fourth-order valence-electron chi connectivity index (χ4n) is 3.19. The van der Waals surface area contributed by atoms with Crippen LogP contribution in [0.3, 0.4) is 0 Å². The van der Waals surface area contributed by atoms with Crippen LogP contribution >= 0.6 is 0 Å². The number of rotatable bonds is 6. The number of nitrogens with zero attached hydrogens (tertiary/aromatic N) is 1. The lowest BCUT2D eigenvalue weighted by Crippen LogP contribution is -2.22. The van der Waals surface area contributed by atoms with Gasteiger partial charge in [0.2, 0.25) is 5.09 Å². The maximum absolute atomic E-state index is 11.6. The van der Waals surface area contributed by atoms with E-state index in [-0.39, 0.29) is 5.09 Å². The van der Waals surface area contributed by atoms with E-state index < -0.39 is 10.0 Å². The standard InChI is InChI=1S/C22H20N2O3S/c23-28(25,26)22-14-19-13-20(11-12-21(19)27-22)24(15-17-7-3-1-4-8-17)16-18-9-5-2-6-10-18/h1-14H,15-16H2,(H2,23,25,26). The molecule has 0 aliphatic rings. The van der Waals surface area contributed by atoms with Gasteiger partial charge in [0.25, 0.3) is 10.0 Å². The van der Waals surface area contributed by atoms with Gasteiger partial charge in [0, 0.05) is 30.2 Å². The molecule has 4 rings (SSSR count). The summed E-state index contributed by atoms with van der Waals surface area (Å²) in [6.45, 7) is 1.45. The van der Waals surface area contributed by atoms with Crippen molar-refractivity contribution in [3.63, 3.8) is 0 Å². The normalized spacial score (nSPS) is 11.6. The molecule has 5 nitrogen and oxygen atoms in total. The average Bonchev–Trinajstić information content (AvgIpc) is 3.13. The minimum atomic E-state index is -3.88. The molecule has 0 bridgehead atoms. The van der Waals surface area contributed by atoms with Crippen LogP contribution in [0.2, 0.25) is 0 Å². The predicted molar refractivity (Wildman–Crippen MR) is 110 cm³/mol. The molecule has 0 radical (unpaired) electrons. The van der Waals surface area contributed by atoms with Crippen LogP contribution in [0.5, 0.6) is 0 Å². The van der Waals surface area contributed by atoms with Gasteiger partial charge in [-0.05, 0) is 29.3 Å². The van der Waals surface area contributed by atoms with Crippen molar-refractivity contribution in [3.8, 4) is 0 Å². The highest BCUT2D eigenvalue weighted by Crippen LogP contribution is 2.28. The van der Waals surface area contributed by atoms with Gasteiger partial charge in [-0.2, -0.15) is 0 Å². The summed E-state index contributed by atoms with van der Waals surface area (Å²) >= 11 is 0. The minimum absolute atomic E-state index is 0.225. The first-order chi connectivity index (χ1) is 13.5. The maximum atomic E-state index is 11.6. The minimum Gasteiger partial charge on any atom is -0.443 e. The first kappa shape index (κ1) is 18.3. The molecule has 0 amide bonds. The van der Waals surface area contributed by atoms with Gasteiger partial charge in [0.15, 0.2) is 0 Å². The summed E-state index contributed by atoms with van der Waals surface area (Å²) in [7, 11) is -3.88. The fourth-order valence-corrected chi connectivity index (χ4v) is 3.69. The second-order valence-corrected chi connectivity index (χ2v) is 8.15. The molecule has 3 aromatic carbocycles. The van der Waals surface area contributed by atoms with Crippen LogP contribution in [0.1, 0.15) is 11.1 Å². The van der Waals surface area contributed by atoms with E-state index in [0.717, 1.165) is 18.8 Å². The molecule has 0 fully saturated rings. The summed E-state index contributed by atoms with van der Waals surface area (Å²) in [5.74, 6) is 0. The topological polar surface area (TPSA) is 76.5 Å². The van der Waals surface area contributed by atoms with Gasteiger partial charge in [-0.1, -0.05) is 60.7 Å². The van der Waals surface area contributed by atoms with Crippen molar-refractivity contribution in [2.24, 2.45) is 5.14 Å². The number of sulfonamides is 1. The Morgan fingerprint density at radius 1 is 0.786 bits per heavy atom. The summed E-state index contributed by atoms with van der Waals surface area (Å²) in [4.78, 5) is 2.24. The highest BCUT2D eigenvalue weighted by Gasteiger charge is 2.16. The first-order valence-electron chi connectivity index (χ1n) is 8.88. The number of hydrogen-bond donors (Lipinski definition) is 1. The average molecular weight is 392 g/mol. The largest absolute Gasteiger partial charge is 0.443 e. The Hall–Kier alpha value is -3.09. The van der Waals surface area contributed by atoms with E-state index in [2.05, 4.69) is 29.2 Å². The van der Waals surface area contributed by atoms with Crippen molar-refractivity contribution >= 4 is 26.7 Å². The molecule has 0 spiro atoms. The number of fused-ring (bicyclic) bond motifs is 1. The third-order valence-electron chi connectivity index (χ3n) is 4.56. The van der Waals surface area contributed by atoms with Crippen LogP contribution in [-0.2, 0) is 23.1 Å². The third kappa shape index (κ3) is 4.08. The summed E-state index contributed by atoms with van der Waals surface area (Å²) in [6, 6.07) is 27.6. The van der Waals surface area contributed by atoms with E-state index in [0.29, 0.717) is 11.0 Å². The molecule has 0 unspecified atom stereocenters. The first-order valence-corrected chi connectivity index (χ1v) is 10.4. The number of nitrogens with two attached hydrogens (primary N) is 1. The predicted octanol–water partition coefficient (Wildman–Crippen LogP) is 4.29. The zero-order valence-corrected chi connectivity index (χ0v) is 16.0. The molecule has 28 heavy (non-hydrogen) atoms. The molecule has 0 aliphatic carbocycles. The summed E-state index contributed by atoms with van der Waals surface area (Å²) in [5, 5.41) is 5.67. The number of furan rings is 1. The van der Waals surface area contributed by atoms with E-state index in [9.17, 15) is 8.42 Å². The molecular formula is C22H20N2O3S. The molecule has 1 heterocycles. The second kappa shape index (κ2) is 7.50. The Labute approximate surface area is 164 Å². The number of anilines is 1. The van der Waals surface area contributed by atoms with Gasteiger partial charge >= 0.3 is 0 Å². The van der Waals surface area contributed by atoms with E-state index >= 15 is 0 Å². The highest BCUT2D eigenvalue weighted by molar-refractivity contribution is 7.89. The molecule has 6 heteroatoms. The molecule has 2 N–H and O–H groups in total. The van der Waals surface area contributed by atoms with Crippen LogP contribution < -0.4 is 10.0 Å². The Kier molecular flexibility index (Phi) is 4.90. The maximum Gasteiger partial charge on any atom is 0.271 e. The van der Waals surface area contributed by atoms with Gasteiger partial charge < -0.3 is 9.32 Å². The van der Waals surface area contributed by atoms with Crippen molar-refractivity contribution < 1.29 is 12.8 Å². The Morgan fingerprint density at radius 3 is 1.89 bits per heavy atom. The summed E-state index contributed by atoms with van der Waals surface area (Å²) in [5.41, 5.74) is 3.85. The molecular weight excluding hydrogens is 372 g/mol. The molecule has 1 aromatic heterocycles. The summed E-state index contributed by atoms with van der Waals surface area (Å²) in [6.07, 6.45) is 0.